The van der Waals surface area contributed by atoms with Crippen molar-refractivity contribution < 1.29 is 19.5 Å². The Balaban J connectivity index is 1.33. The maximum absolute atomic E-state index is 13.4. The van der Waals surface area contributed by atoms with Gasteiger partial charge in [0.15, 0.2) is 0 Å². The minimum atomic E-state index is -0.706. The molecule has 5 rings (SSSR count). The van der Waals surface area contributed by atoms with E-state index in [0.29, 0.717) is 19.4 Å². The van der Waals surface area contributed by atoms with Crippen molar-refractivity contribution in [2.24, 2.45) is 0 Å². The monoisotopic (exact) mass is 445 g/mol. The van der Waals surface area contributed by atoms with E-state index in [1.165, 1.54) is 0 Å². The Bertz CT molecular complexity index is 1190. The number of aromatic nitrogens is 1. The molecule has 2 amide bonds. The summed E-state index contributed by atoms with van der Waals surface area (Å²) in [5, 5.41) is 10.2. The van der Waals surface area contributed by atoms with Gasteiger partial charge in [-0.15, -0.1) is 0 Å². The number of hydrogen-bond donors (Lipinski definition) is 2. The van der Waals surface area contributed by atoms with Crippen molar-refractivity contribution in [3.8, 4) is 5.75 Å². The van der Waals surface area contributed by atoms with Crippen LogP contribution in [0, 0.1) is 0 Å². The standard InChI is InChI=1S/C26H27N3O4/c1-26(15-19-5-4-8-23(24(30)28-32)29(19)25(26)31)18-9-11-20(12-10-18)33-16-17-13-14-27-22-7-3-2-6-21(17)22/h2-3,6-7,9-14,19,23,32H,4-5,8,15-16H2,1H3,(H,28,30)/t19?,23-,26+/m1/s1. The molecule has 0 saturated carbocycles. The van der Waals surface area contributed by atoms with Gasteiger partial charge in [-0.1, -0.05) is 30.3 Å². The number of rotatable bonds is 5. The van der Waals surface area contributed by atoms with Gasteiger partial charge in [0.2, 0.25) is 5.91 Å². The smallest absolute Gasteiger partial charge is 0.266 e. The molecule has 0 bridgehead atoms. The third-order valence-electron chi connectivity index (χ3n) is 7.13. The molecular formula is C26H27N3O4. The second-order valence-electron chi connectivity index (χ2n) is 9.13. The second-order valence-corrected chi connectivity index (χ2v) is 9.13. The topological polar surface area (TPSA) is 91.8 Å². The molecule has 3 atom stereocenters. The van der Waals surface area contributed by atoms with E-state index < -0.39 is 17.4 Å². The fraction of sp³-hybridized carbons (Fsp3) is 0.346. The number of para-hydroxylation sites is 1. The predicted octanol–water partition coefficient (Wildman–Crippen LogP) is 3.73. The molecule has 7 heteroatoms. The van der Waals surface area contributed by atoms with Crippen molar-refractivity contribution in [3.63, 3.8) is 0 Å². The number of carbonyl (C=O) groups excluding carboxylic acids is 2. The molecule has 2 aromatic carbocycles. The van der Waals surface area contributed by atoms with Crippen molar-refractivity contribution in [1.29, 1.82) is 0 Å². The maximum Gasteiger partial charge on any atom is 0.266 e. The lowest BCUT2D eigenvalue weighted by molar-refractivity contribution is -0.147. The van der Waals surface area contributed by atoms with Gasteiger partial charge < -0.3 is 9.64 Å². The molecule has 33 heavy (non-hydrogen) atoms. The number of amides is 2. The minimum Gasteiger partial charge on any atom is -0.489 e. The molecule has 2 saturated heterocycles. The highest BCUT2D eigenvalue weighted by Gasteiger charge is 2.53. The van der Waals surface area contributed by atoms with Gasteiger partial charge in [-0.2, -0.15) is 0 Å². The molecule has 1 unspecified atom stereocenters. The fourth-order valence-corrected chi connectivity index (χ4v) is 5.37. The predicted molar refractivity (Wildman–Crippen MR) is 123 cm³/mol. The summed E-state index contributed by atoms with van der Waals surface area (Å²) < 4.78 is 6.03. The molecule has 1 aromatic heterocycles. The van der Waals surface area contributed by atoms with Gasteiger partial charge in [0.1, 0.15) is 18.4 Å². The number of carbonyl (C=O) groups is 2. The lowest BCUT2D eigenvalue weighted by Crippen LogP contribution is -2.53. The van der Waals surface area contributed by atoms with Crippen LogP contribution in [0.3, 0.4) is 0 Å². The van der Waals surface area contributed by atoms with Gasteiger partial charge in [-0.3, -0.25) is 19.8 Å². The summed E-state index contributed by atoms with van der Waals surface area (Å²) in [6.45, 7) is 2.37. The average molecular weight is 446 g/mol. The number of ether oxygens (including phenoxy) is 1. The number of fused-ring (bicyclic) bond motifs is 2. The number of piperidine rings is 1. The number of benzene rings is 2. The van der Waals surface area contributed by atoms with Crippen LogP contribution in [0.1, 0.15) is 43.7 Å². The normalized spacial score (nSPS) is 24.5. The third-order valence-corrected chi connectivity index (χ3v) is 7.13. The van der Waals surface area contributed by atoms with Crippen LogP contribution in [0.5, 0.6) is 5.75 Å². The maximum atomic E-state index is 13.4. The fourth-order valence-electron chi connectivity index (χ4n) is 5.37. The highest BCUT2D eigenvalue weighted by atomic mass is 16.5. The van der Waals surface area contributed by atoms with E-state index in [1.54, 1.807) is 16.6 Å². The molecule has 2 aliphatic rings. The van der Waals surface area contributed by atoms with Gasteiger partial charge in [0, 0.05) is 23.2 Å². The van der Waals surface area contributed by atoms with E-state index in [4.69, 9.17) is 9.94 Å². The summed E-state index contributed by atoms with van der Waals surface area (Å²) in [6, 6.07) is 17.0. The molecule has 2 aliphatic heterocycles. The van der Waals surface area contributed by atoms with Crippen LogP contribution in [0.4, 0.5) is 0 Å². The van der Waals surface area contributed by atoms with Crippen LogP contribution >= 0.6 is 0 Å². The number of pyridine rings is 1. The zero-order chi connectivity index (χ0) is 23.0. The Morgan fingerprint density at radius 2 is 1.97 bits per heavy atom. The Morgan fingerprint density at radius 3 is 2.76 bits per heavy atom. The Kier molecular flexibility index (Phi) is 5.50. The molecule has 0 aliphatic carbocycles. The molecule has 170 valence electrons. The van der Waals surface area contributed by atoms with E-state index in [2.05, 4.69) is 4.98 Å². The average Bonchev–Trinajstić information content (AvgIpc) is 3.13. The molecule has 2 N–H and O–H groups in total. The summed E-state index contributed by atoms with van der Waals surface area (Å²) in [5.74, 6) is 0.159. The largest absolute Gasteiger partial charge is 0.489 e. The van der Waals surface area contributed by atoms with Gasteiger partial charge >= 0.3 is 0 Å². The Labute approximate surface area is 192 Å². The molecule has 7 nitrogen and oxygen atoms in total. The minimum absolute atomic E-state index is 0.00875. The SMILES string of the molecule is C[C@@]1(c2ccc(OCc3ccnc4ccccc34)cc2)CC2CCC[C@H](C(=O)NO)N2C1=O. The van der Waals surface area contributed by atoms with Gasteiger partial charge in [0.05, 0.1) is 10.9 Å². The van der Waals surface area contributed by atoms with Gasteiger partial charge in [-0.25, -0.2) is 5.48 Å². The van der Waals surface area contributed by atoms with Crippen molar-refractivity contribution in [2.45, 2.75) is 56.7 Å². The summed E-state index contributed by atoms with van der Waals surface area (Å²) in [4.78, 5) is 31.7. The second kappa shape index (κ2) is 8.48. The first-order valence-corrected chi connectivity index (χ1v) is 11.3. The first-order valence-electron chi connectivity index (χ1n) is 11.3. The first kappa shape index (κ1) is 21.4. The summed E-state index contributed by atoms with van der Waals surface area (Å²) in [5.41, 5.74) is 3.93. The van der Waals surface area contributed by atoms with E-state index in [-0.39, 0.29) is 11.9 Å². The number of hydroxylamine groups is 1. The molecule has 3 heterocycles. The molecule has 2 fully saturated rings. The summed E-state index contributed by atoms with van der Waals surface area (Å²) in [7, 11) is 0. The van der Waals surface area contributed by atoms with Crippen molar-refractivity contribution in [1.82, 2.24) is 15.4 Å². The van der Waals surface area contributed by atoms with E-state index in [1.807, 2.05) is 61.5 Å². The number of hydrogen-bond acceptors (Lipinski definition) is 5. The van der Waals surface area contributed by atoms with E-state index in [0.717, 1.165) is 40.6 Å². The lowest BCUT2D eigenvalue weighted by atomic mass is 9.79. The van der Waals surface area contributed by atoms with Crippen molar-refractivity contribution in [2.75, 3.05) is 0 Å². The number of nitrogens with one attached hydrogen (secondary N) is 1. The van der Waals surface area contributed by atoms with E-state index >= 15 is 0 Å². The zero-order valence-corrected chi connectivity index (χ0v) is 18.5. The van der Waals surface area contributed by atoms with Crippen molar-refractivity contribution in [3.05, 3.63) is 71.9 Å². The summed E-state index contributed by atoms with van der Waals surface area (Å²) in [6.07, 6.45) is 4.75. The lowest BCUT2D eigenvalue weighted by Gasteiger charge is -2.36. The Hall–Kier alpha value is -3.45. The molecule has 0 radical (unpaired) electrons. The van der Waals surface area contributed by atoms with Gasteiger partial charge in [0.25, 0.3) is 5.91 Å². The van der Waals surface area contributed by atoms with Gasteiger partial charge in [-0.05, 0) is 62.4 Å². The Morgan fingerprint density at radius 1 is 1.18 bits per heavy atom. The molecule has 3 aromatic rings. The van der Waals surface area contributed by atoms with Crippen LogP contribution in [0.15, 0.2) is 60.8 Å². The van der Waals surface area contributed by atoms with Crippen molar-refractivity contribution >= 4 is 22.7 Å². The quantitative estimate of drug-likeness (QED) is 0.461. The first-order chi connectivity index (χ1) is 16.0. The number of nitrogens with zero attached hydrogens (tertiary/aromatic N) is 2. The van der Waals surface area contributed by atoms with E-state index in [9.17, 15) is 9.59 Å². The zero-order valence-electron chi connectivity index (χ0n) is 18.5. The van der Waals surface area contributed by atoms with Crippen LogP contribution in [-0.2, 0) is 21.6 Å². The molecule has 0 spiro atoms. The van der Waals surface area contributed by atoms with Crippen LogP contribution in [0.2, 0.25) is 0 Å². The summed E-state index contributed by atoms with van der Waals surface area (Å²) >= 11 is 0. The molecular weight excluding hydrogens is 418 g/mol. The third kappa shape index (κ3) is 3.72. The van der Waals surface area contributed by atoms with Crippen LogP contribution in [0.25, 0.3) is 10.9 Å². The highest BCUT2D eigenvalue weighted by Crippen LogP contribution is 2.44. The highest BCUT2D eigenvalue weighted by molar-refractivity contribution is 5.95. The van der Waals surface area contributed by atoms with Crippen LogP contribution in [-0.4, -0.2) is 39.0 Å². The van der Waals surface area contributed by atoms with Crippen LogP contribution < -0.4 is 10.2 Å².